The first-order chi connectivity index (χ1) is 34.5. The van der Waals surface area contributed by atoms with Crippen molar-refractivity contribution in [2.75, 3.05) is 9.80 Å². The molecule has 10 aromatic carbocycles. The second-order valence-corrected chi connectivity index (χ2v) is 21.4. The zero-order valence-electron chi connectivity index (χ0n) is 41.3. The molecule has 0 atom stereocenters. The maximum Gasteiger partial charge on any atom is 0.0564 e. The Hall–Kier alpha value is -8.20. The summed E-state index contributed by atoms with van der Waals surface area (Å²) in [4.78, 5) is 5.09. The zero-order valence-corrected chi connectivity index (χ0v) is 41.3. The first-order valence-electron chi connectivity index (χ1n) is 25.2. The molecule has 0 aliphatic heterocycles. The van der Waals surface area contributed by atoms with Gasteiger partial charge in [0.2, 0.25) is 0 Å². The molecule has 2 nitrogen and oxygen atoms in total. The molecule has 0 fully saturated rings. The van der Waals surface area contributed by atoms with Crippen molar-refractivity contribution >= 4 is 34.1 Å². The third kappa shape index (κ3) is 6.61. The fraction of sp³-hybridized carbons (Fsp3) is 0.130. The van der Waals surface area contributed by atoms with Crippen LogP contribution in [0, 0.1) is 0 Å². The van der Waals surface area contributed by atoms with E-state index in [0.717, 1.165) is 34.1 Å². The lowest BCUT2D eigenvalue weighted by Gasteiger charge is -2.34. The standard InChI is InChI=1S/C69H56N2/c1-67(2)59-32-16-13-29-54(59)56-37-35-51(41-62(56)67)70(49-27-19-25-47(39-49)45-21-9-7-10-22-45)53-43-64-66(58-31-15-18-34-61(58)69(64,5)6)65(44-53)71(50-28-20-26-48(40-50)46-23-11-8-12-24-46)52-36-38-57-55-30-14-17-33-60(55)68(3,4)63(57)42-52/h7-44H,1-6H3. The Kier molecular flexibility index (Phi) is 9.61. The minimum absolute atomic E-state index is 0.173. The minimum atomic E-state index is -0.297. The highest BCUT2D eigenvalue weighted by molar-refractivity contribution is 5.99. The SMILES string of the molecule is CC1(C)c2ccccc2-c2ccc(N(c3cccc(-c4ccccc4)c3)c3cc(N(c4cccc(-c5ccccc5)c4)c4ccc5c(c4)C(C)(C)c4ccccc4-5)c4c(c3)C(C)(C)c3ccccc3-4)cc21. The van der Waals surface area contributed by atoms with Crippen LogP contribution in [0.15, 0.2) is 231 Å². The summed E-state index contributed by atoms with van der Waals surface area (Å²) in [6.07, 6.45) is 0. The maximum absolute atomic E-state index is 2.56. The van der Waals surface area contributed by atoms with Gasteiger partial charge in [-0.1, -0.05) is 211 Å². The fourth-order valence-electron chi connectivity index (χ4n) is 12.5. The first kappa shape index (κ1) is 42.9. The molecule has 0 N–H and O–H groups in total. The van der Waals surface area contributed by atoms with Gasteiger partial charge in [0.05, 0.1) is 5.69 Å². The Labute approximate surface area is 419 Å². The van der Waals surface area contributed by atoms with Crippen molar-refractivity contribution in [3.05, 3.63) is 264 Å². The van der Waals surface area contributed by atoms with E-state index in [1.54, 1.807) is 0 Å². The molecule has 0 spiro atoms. The Morgan fingerprint density at radius 2 is 0.606 bits per heavy atom. The lowest BCUT2D eigenvalue weighted by atomic mass is 9.81. The van der Waals surface area contributed by atoms with Gasteiger partial charge in [0, 0.05) is 50.2 Å². The summed E-state index contributed by atoms with van der Waals surface area (Å²) >= 11 is 0. The number of hydrogen-bond donors (Lipinski definition) is 0. The highest BCUT2D eigenvalue weighted by atomic mass is 15.2. The van der Waals surface area contributed by atoms with Crippen molar-refractivity contribution in [2.45, 2.75) is 57.8 Å². The average molecular weight is 913 g/mol. The molecule has 0 bridgehead atoms. The fourth-order valence-corrected chi connectivity index (χ4v) is 12.5. The molecule has 10 aromatic rings. The predicted octanol–water partition coefficient (Wildman–Crippen LogP) is 18.9. The van der Waals surface area contributed by atoms with Gasteiger partial charge in [0.1, 0.15) is 0 Å². The highest BCUT2D eigenvalue weighted by Gasteiger charge is 2.41. The lowest BCUT2D eigenvalue weighted by Crippen LogP contribution is -2.20. The van der Waals surface area contributed by atoms with E-state index in [-0.39, 0.29) is 16.2 Å². The number of rotatable bonds is 8. The Balaban J connectivity index is 1.10. The Bertz CT molecular complexity index is 3740. The van der Waals surface area contributed by atoms with Crippen LogP contribution in [0.1, 0.15) is 74.9 Å². The highest BCUT2D eigenvalue weighted by Crippen LogP contribution is 2.59. The largest absolute Gasteiger partial charge is 0.310 e. The minimum Gasteiger partial charge on any atom is -0.310 e. The summed E-state index contributed by atoms with van der Waals surface area (Å²) in [5.41, 5.74) is 26.7. The van der Waals surface area contributed by atoms with E-state index in [2.05, 4.69) is 282 Å². The summed E-state index contributed by atoms with van der Waals surface area (Å²) in [6, 6.07) is 86.3. The van der Waals surface area contributed by atoms with Crippen LogP contribution in [-0.2, 0) is 16.2 Å². The monoisotopic (exact) mass is 912 g/mol. The van der Waals surface area contributed by atoms with Crippen molar-refractivity contribution < 1.29 is 0 Å². The molecule has 2 heteroatoms. The first-order valence-corrected chi connectivity index (χ1v) is 25.2. The maximum atomic E-state index is 2.56. The number of hydrogen-bond acceptors (Lipinski definition) is 2. The smallest absolute Gasteiger partial charge is 0.0564 e. The van der Waals surface area contributed by atoms with Gasteiger partial charge in [-0.05, 0) is 144 Å². The summed E-state index contributed by atoms with van der Waals surface area (Å²) in [6.45, 7) is 14.4. The Morgan fingerprint density at radius 3 is 1.13 bits per heavy atom. The van der Waals surface area contributed by atoms with E-state index >= 15 is 0 Å². The zero-order chi connectivity index (χ0) is 48.2. The number of benzene rings is 10. The summed E-state index contributed by atoms with van der Waals surface area (Å²) < 4.78 is 0. The van der Waals surface area contributed by atoms with E-state index < -0.39 is 0 Å². The average Bonchev–Trinajstić information content (AvgIpc) is 3.89. The molecular formula is C69H56N2. The van der Waals surface area contributed by atoms with Gasteiger partial charge in [-0.15, -0.1) is 0 Å². The third-order valence-corrected chi connectivity index (χ3v) is 16.2. The van der Waals surface area contributed by atoms with Crippen molar-refractivity contribution in [1.29, 1.82) is 0 Å². The molecule has 0 saturated heterocycles. The number of fused-ring (bicyclic) bond motifs is 9. The molecule has 3 aliphatic carbocycles. The van der Waals surface area contributed by atoms with Crippen LogP contribution in [0.2, 0.25) is 0 Å². The molecule has 0 radical (unpaired) electrons. The van der Waals surface area contributed by atoms with Crippen molar-refractivity contribution in [3.8, 4) is 55.6 Å². The molecule has 342 valence electrons. The van der Waals surface area contributed by atoms with Crippen molar-refractivity contribution in [2.24, 2.45) is 0 Å². The number of nitrogens with zero attached hydrogens (tertiary/aromatic N) is 2. The lowest BCUT2D eigenvalue weighted by molar-refractivity contribution is 0.660. The van der Waals surface area contributed by atoms with Crippen LogP contribution in [-0.4, -0.2) is 0 Å². The predicted molar refractivity (Wildman–Crippen MR) is 299 cm³/mol. The van der Waals surface area contributed by atoms with E-state index in [0.29, 0.717) is 0 Å². The molecule has 0 saturated carbocycles. The molecular weight excluding hydrogens is 857 g/mol. The van der Waals surface area contributed by atoms with E-state index in [4.69, 9.17) is 0 Å². The number of anilines is 6. The van der Waals surface area contributed by atoms with E-state index in [1.165, 1.54) is 89.0 Å². The molecule has 13 rings (SSSR count). The molecule has 0 amide bonds. The van der Waals surface area contributed by atoms with Gasteiger partial charge in [-0.25, -0.2) is 0 Å². The van der Waals surface area contributed by atoms with Crippen LogP contribution in [0.4, 0.5) is 34.1 Å². The van der Waals surface area contributed by atoms with Crippen molar-refractivity contribution in [3.63, 3.8) is 0 Å². The van der Waals surface area contributed by atoms with Crippen LogP contribution in [0.3, 0.4) is 0 Å². The quantitative estimate of drug-likeness (QED) is 0.150. The van der Waals surface area contributed by atoms with Gasteiger partial charge in [-0.2, -0.15) is 0 Å². The van der Waals surface area contributed by atoms with Gasteiger partial charge >= 0.3 is 0 Å². The Morgan fingerprint density at radius 1 is 0.239 bits per heavy atom. The molecule has 0 aromatic heterocycles. The second-order valence-electron chi connectivity index (χ2n) is 21.4. The van der Waals surface area contributed by atoms with Crippen LogP contribution in [0.25, 0.3) is 55.6 Å². The summed E-state index contributed by atoms with van der Waals surface area (Å²) in [5, 5.41) is 0. The van der Waals surface area contributed by atoms with Gasteiger partial charge < -0.3 is 9.80 Å². The van der Waals surface area contributed by atoms with Gasteiger partial charge in [0.25, 0.3) is 0 Å². The molecule has 71 heavy (non-hydrogen) atoms. The summed E-state index contributed by atoms with van der Waals surface area (Å²) in [7, 11) is 0. The van der Waals surface area contributed by atoms with Gasteiger partial charge in [-0.3, -0.25) is 0 Å². The van der Waals surface area contributed by atoms with Crippen molar-refractivity contribution in [1.82, 2.24) is 0 Å². The van der Waals surface area contributed by atoms with Gasteiger partial charge in [0.15, 0.2) is 0 Å². The van der Waals surface area contributed by atoms with Crippen LogP contribution in [0.5, 0.6) is 0 Å². The summed E-state index contributed by atoms with van der Waals surface area (Å²) in [5.74, 6) is 0. The van der Waals surface area contributed by atoms with Crippen LogP contribution < -0.4 is 9.80 Å². The third-order valence-electron chi connectivity index (χ3n) is 16.2. The second kappa shape index (κ2) is 15.9. The molecule has 0 heterocycles. The van der Waals surface area contributed by atoms with Crippen LogP contribution >= 0.6 is 0 Å². The topological polar surface area (TPSA) is 6.48 Å². The molecule has 0 unspecified atom stereocenters. The normalized spacial score (nSPS) is 14.7. The van der Waals surface area contributed by atoms with E-state index in [9.17, 15) is 0 Å². The van der Waals surface area contributed by atoms with E-state index in [1.807, 2.05) is 0 Å². The molecule has 3 aliphatic rings.